The molecular formula is C21H22F3N5O. The van der Waals surface area contributed by atoms with Crippen molar-refractivity contribution in [3.63, 3.8) is 0 Å². The Morgan fingerprint density at radius 3 is 2.33 bits per heavy atom. The lowest BCUT2D eigenvalue weighted by Gasteiger charge is -2.19. The monoisotopic (exact) mass is 417 g/mol. The van der Waals surface area contributed by atoms with Gasteiger partial charge >= 0.3 is 6.18 Å². The molecule has 0 bridgehead atoms. The van der Waals surface area contributed by atoms with Crippen LogP contribution in [-0.4, -0.2) is 31.7 Å². The number of benzene rings is 2. The Labute approximate surface area is 172 Å². The van der Waals surface area contributed by atoms with Crippen LogP contribution in [-0.2, 0) is 23.9 Å². The predicted octanol–water partition coefficient (Wildman–Crippen LogP) is 3.86. The summed E-state index contributed by atoms with van der Waals surface area (Å²) in [4.78, 5) is 13.3. The van der Waals surface area contributed by atoms with E-state index in [4.69, 9.17) is 0 Å². The minimum atomic E-state index is -4.36. The smallest absolute Gasteiger partial charge is 0.350 e. The third-order valence-electron chi connectivity index (χ3n) is 4.19. The number of nitrogens with one attached hydrogen (secondary N) is 1. The number of nitrogens with zero attached hydrogens (tertiary/aromatic N) is 4. The number of carbonyl (C=O) groups excluding carboxylic acids is 1. The third kappa shape index (κ3) is 5.65. The van der Waals surface area contributed by atoms with Crippen molar-refractivity contribution >= 4 is 5.91 Å². The molecule has 1 heterocycles. The zero-order valence-electron chi connectivity index (χ0n) is 16.9. The molecule has 2 aromatic carbocycles. The Kier molecular flexibility index (Phi) is 5.91. The summed E-state index contributed by atoms with van der Waals surface area (Å²) < 4.78 is 38.3. The number of alkyl halides is 3. The average Bonchev–Trinajstić information content (AvgIpc) is 3.08. The van der Waals surface area contributed by atoms with Crippen LogP contribution in [0.15, 0.2) is 48.5 Å². The van der Waals surface area contributed by atoms with E-state index in [9.17, 15) is 18.0 Å². The molecule has 0 radical (unpaired) electrons. The Morgan fingerprint density at radius 2 is 1.70 bits per heavy atom. The van der Waals surface area contributed by atoms with Gasteiger partial charge in [-0.3, -0.25) is 4.79 Å². The van der Waals surface area contributed by atoms with E-state index < -0.39 is 11.7 Å². The molecule has 0 aliphatic heterocycles. The number of hydrogen-bond acceptors (Lipinski definition) is 4. The molecule has 3 aromatic rings. The van der Waals surface area contributed by atoms with Crippen LogP contribution in [0.3, 0.4) is 0 Å². The Balaban J connectivity index is 1.77. The zero-order valence-corrected chi connectivity index (χ0v) is 16.9. The first-order valence-corrected chi connectivity index (χ1v) is 9.34. The Bertz CT molecular complexity index is 1020. The first-order chi connectivity index (χ1) is 14.0. The van der Waals surface area contributed by atoms with Crippen LogP contribution in [0.2, 0.25) is 0 Å². The SMILES string of the molecule is CC(C)(C)NC(=O)Cn1nnc(-c2ccccc2Cc2ccc(C(F)(F)F)cc2)n1. The van der Waals surface area contributed by atoms with Crippen molar-refractivity contribution < 1.29 is 18.0 Å². The van der Waals surface area contributed by atoms with E-state index in [1.165, 1.54) is 16.9 Å². The summed E-state index contributed by atoms with van der Waals surface area (Å²) in [5.41, 5.74) is 1.23. The number of rotatable bonds is 5. The fourth-order valence-electron chi connectivity index (χ4n) is 2.93. The highest BCUT2D eigenvalue weighted by atomic mass is 19.4. The summed E-state index contributed by atoms with van der Waals surface area (Å²) in [5, 5.41) is 15.1. The van der Waals surface area contributed by atoms with Crippen LogP contribution in [0.5, 0.6) is 0 Å². The number of carbonyl (C=O) groups is 1. The van der Waals surface area contributed by atoms with Crippen molar-refractivity contribution in [2.45, 2.75) is 45.5 Å². The molecule has 0 fully saturated rings. The molecule has 1 amide bonds. The van der Waals surface area contributed by atoms with Crippen LogP contribution in [0.4, 0.5) is 13.2 Å². The molecule has 3 rings (SSSR count). The van der Waals surface area contributed by atoms with E-state index in [-0.39, 0.29) is 18.0 Å². The summed E-state index contributed by atoms with van der Waals surface area (Å²) in [5.74, 6) is 0.116. The van der Waals surface area contributed by atoms with Gasteiger partial charge in [0.05, 0.1) is 5.56 Å². The van der Waals surface area contributed by atoms with Gasteiger partial charge < -0.3 is 5.32 Å². The lowest BCUT2D eigenvalue weighted by atomic mass is 9.98. The van der Waals surface area contributed by atoms with Gasteiger partial charge in [0.25, 0.3) is 0 Å². The van der Waals surface area contributed by atoms with Gasteiger partial charge in [-0.15, -0.1) is 10.2 Å². The zero-order chi connectivity index (χ0) is 21.9. The molecule has 0 spiro atoms. The molecule has 0 aliphatic carbocycles. The number of aromatic nitrogens is 4. The molecule has 1 N–H and O–H groups in total. The van der Waals surface area contributed by atoms with E-state index in [0.29, 0.717) is 17.8 Å². The maximum absolute atomic E-state index is 12.8. The minimum absolute atomic E-state index is 0.0641. The summed E-state index contributed by atoms with van der Waals surface area (Å²) in [6, 6.07) is 12.4. The fourth-order valence-corrected chi connectivity index (χ4v) is 2.93. The standard InChI is InChI=1S/C21H22F3N5O/c1-20(2,3)25-18(30)13-29-27-19(26-28-29)17-7-5-4-6-15(17)12-14-8-10-16(11-9-14)21(22,23)24/h4-11H,12-13H2,1-3H3,(H,25,30). The largest absolute Gasteiger partial charge is 0.416 e. The van der Waals surface area contributed by atoms with E-state index in [0.717, 1.165) is 23.3 Å². The van der Waals surface area contributed by atoms with Gasteiger partial charge in [-0.2, -0.15) is 18.0 Å². The van der Waals surface area contributed by atoms with Crippen molar-refractivity contribution in [1.82, 2.24) is 25.5 Å². The molecule has 0 aliphatic rings. The Hall–Kier alpha value is -3.23. The molecule has 1 aromatic heterocycles. The highest BCUT2D eigenvalue weighted by Crippen LogP contribution is 2.30. The van der Waals surface area contributed by atoms with Gasteiger partial charge in [0, 0.05) is 11.1 Å². The van der Waals surface area contributed by atoms with Gasteiger partial charge in [-0.05, 0) is 55.7 Å². The summed E-state index contributed by atoms with van der Waals surface area (Å²) in [7, 11) is 0. The van der Waals surface area contributed by atoms with Gasteiger partial charge in [0.15, 0.2) is 0 Å². The molecule has 9 heteroatoms. The van der Waals surface area contributed by atoms with Crippen LogP contribution in [0.1, 0.15) is 37.5 Å². The quantitative estimate of drug-likeness (QED) is 0.684. The second kappa shape index (κ2) is 8.25. The number of halogens is 3. The summed E-state index contributed by atoms with van der Waals surface area (Å²) in [6.07, 6.45) is -3.95. The normalized spacial score (nSPS) is 12.1. The van der Waals surface area contributed by atoms with Crippen molar-refractivity contribution in [3.05, 3.63) is 65.2 Å². The number of tetrazole rings is 1. The van der Waals surface area contributed by atoms with Gasteiger partial charge in [-0.1, -0.05) is 36.4 Å². The lowest BCUT2D eigenvalue weighted by molar-refractivity contribution is -0.137. The second-order valence-electron chi connectivity index (χ2n) is 7.97. The highest BCUT2D eigenvalue weighted by molar-refractivity contribution is 5.76. The van der Waals surface area contributed by atoms with E-state index in [2.05, 4.69) is 20.7 Å². The van der Waals surface area contributed by atoms with Crippen LogP contribution >= 0.6 is 0 Å². The van der Waals surface area contributed by atoms with Crippen LogP contribution in [0.25, 0.3) is 11.4 Å². The van der Waals surface area contributed by atoms with Crippen LogP contribution < -0.4 is 5.32 Å². The predicted molar refractivity (Wildman–Crippen MR) is 105 cm³/mol. The topological polar surface area (TPSA) is 72.7 Å². The van der Waals surface area contributed by atoms with Crippen molar-refractivity contribution in [2.24, 2.45) is 0 Å². The Morgan fingerprint density at radius 1 is 1.03 bits per heavy atom. The second-order valence-corrected chi connectivity index (χ2v) is 7.97. The van der Waals surface area contributed by atoms with Crippen molar-refractivity contribution in [3.8, 4) is 11.4 Å². The van der Waals surface area contributed by atoms with Gasteiger partial charge in [0.2, 0.25) is 11.7 Å². The molecule has 0 saturated heterocycles. The molecule has 6 nitrogen and oxygen atoms in total. The van der Waals surface area contributed by atoms with E-state index >= 15 is 0 Å². The van der Waals surface area contributed by atoms with E-state index in [1.54, 1.807) is 0 Å². The first-order valence-electron chi connectivity index (χ1n) is 9.34. The van der Waals surface area contributed by atoms with Gasteiger partial charge in [0.1, 0.15) is 6.54 Å². The molecular weight excluding hydrogens is 395 g/mol. The maximum atomic E-state index is 12.8. The number of amides is 1. The highest BCUT2D eigenvalue weighted by Gasteiger charge is 2.30. The summed E-state index contributed by atoms with van der Waals surface area (Å²) >= 11 is 0. The third-order valence-corrected chi connectivity index (χ3v) is 4.19. The minimum Gasteiger partial charge on any atom is -0.350 e. The molecule has 30 heavy (non-hydrogen) atoms. The molecule has 0 atom stereocenters. The van der Waals surface area contributed by atoms with Gasteiger partial charge in [-0.25, -0.2) is 0 Å². The van der Waals surface area contributed by atoms with E-state index in [1.807, 2.05) is 45.0 Å². The maximum Gasteiger partial charge on any atom is 0.416 e. The molecule has 0 unspecified atom stereocenters. The van der Waals surface area contributed by atoms with Crippen molar-refractivity contribution in [1.29, 1.82) is 0 Å². The van der Waals surface area contributed by atoms with Crippen LogP contribution in [0, 0.1) is 0 Å². The first kappa shape index (κ1) is 21.5. The summed E-state index contributed by atoms with van der Waals surface area (Å²) in [6.45, 7) is 5.57. The lowest BCUT2D eigenvalue weighted by Crippen LogP contribution is -2.42. The molecule has 158 valence electrons. The molecule has 0 saturated carbocycles. The number of hydrogen-bond donors (Lipinski definition) is 1. The average molecular weight is 417 g/mol. The van der Waals surface area contributed by atoms with Crippen molar-refractivity contribution in [2.75, 3.05) is 0 Å². The fraction of sp³-hybridized carbons (Fsp3) is 0.333.